The second-order valence-corrected chi connectivity index (χ2v) is 7.65. The Hall–Kier alpha value is -1.40. The van der Waals surface area contributed by atoms with E-state index in [1.54, 1.807) is 20.8 Å². The van der Waals surface area contributed by atoms with Crippen LogP contribution in [0.15, 0.2) is 17.0 Å². The summed E-state index contributed by atoms with van der Waals surface area (Å²) in [6.07, 6.45) is 0.361. The van der Waals surface area contributed by atoms with Crippen molar-refractivity contribution in [1.29, 1.82) is 0 Å². The molecule has 0 amide bonds. The minimum atomic E-state index is -3.66. The van der Waals surface area contributed by atoms with Gasteiger partial charge in [0, 0.05) is 12.6 Å². The topological polar surface area (TPSA) is 74.7 Å². The maximum Gasteiger partial charge on any atom is 0.308 e. The Bertz CT molecular complexity index is 658. The van der Waals surface area contributed by atoms with Gasteiger partial charge in [0.1, 0.15) is 0 Å². The lowest BCUT2D eigenvalue weighted by atomic mass is 10.0. The molecule has 1 N–H and O–H groups in total. The zero-order valence-electron chi connectivity index (χ0n) is 12.8. The number of aliphatic carboxylic acids is 1. The molecule has 0 spiro atoms. The predicted molar refractivity (Wildman–Crippen MR) is 79.7 cm³/mol. The van der Waals surface area contributed by atoms with Crippen LogP contribution in [0.4, 0.5) is 0 Å². The highest BCUT2D eigenvalue weighted by Gasteiger charge is 2.43. The summed E-state index contributed by atoms with van der Waals surface area (Å²) in [6.45, 7) is 7.41. The molecule has 1 aromatic rings. The van der Waals surface area contributed by atoms with Crippen LogP contribution in [0, 0.1) is 26.7 Å². The molecule has 1 saturated heterocycles. The van der Waals surface area contributed by atoms with E-state index < -0.39 is 28.0 Å². The Balaban J connectivity index is 2.47. The Morgan fingerprint density at radius 2 is 1.76 bits per heavy atom. The largest absolute Gasteiger partial charge is 0.481 e. The van der Waals surface area contributed by atoms with Crippen molar-refractivity contribution in [3.8, 4) is 0 Å². The van der Waals surface area contributed by atoms with Crippen molar-refractivity contribution in [2.45, 2.75) is 45.1 Å². The van der Waals surface area contributed by atoms with Crippen molar-refractivity contribution in [1.82, 2.24) is 4.31 Å². The standard InChI is InChI=1S/C15H21NO4S/c1-9-7-10(2)14(11(3)8-9)21(19,20)16-6-5-13(12(16)4)15(17)18/h7-8,12-13H,5-6H2,1-4H3,(H,17,18). The number of nitrogens with zero attached hydrogens (tertiary/aromatic N) is 1. The molecule has 2 unspecified atom stereocenters. The molecule has 0 bridgehead atoms. The van der Waals surface area contributed by atoms with Crippen LogP contribution in [-0.4, -0.2) is 36.4 Å². The van der Waals surface area contributed by atoms with Crippen LogP contribution in [0.25, 0.3) is 0 Å². The number of carboxylic acids is 1. The van der Waals surface area contributed by atoms with E-state index in [2.05, 4.69) is 0 Å². The first-order valence-corrected chi connectivity index (χ1v) is 8.42. The van der Waals surface area contributed by atoms with Crippen LogP contribution >= 0.6 is 0 Å². The Labute approximate surface area is 125 Å². The summed E-state index contributed by atoms with van der Waals surface area (Å²) in [5, 5.41) is 9.16. The average molecular weight is 311 g/mol. The average Bonchev–Trinajstić information content (AvgIpc) is 2.69. The first kappa shape index (κ1) is 16.0. The summed E-state index contributed by atoms with van der Waals surface area (Å²) < 4.78 is 27.1. The molecule has 0 radical (unpaired) electrons. The molecule has 21 heavy (non-hydrogen) atoms. The van der Waals surface area contributed by atoms with Crippen molar-refractivity contribution >= 4 is 16.0 Å². The number of carboxylic acid groups (broad SMARTS) is 1. The van der Waals surface area contributed by atoms with E-state index in [-0.39, 0.29) is 6.54 Å². The monoisotopic (exact) mass is 311 g/mol. The number of hydrogen-bond donors (Lipinski definition) is 1. The Morgan fingerprint density at radius 3 is 2.19 bits per heavy atom. The van der Waals surface area contributed by atoms with Gasteiger partial charge in [0.2, 0.25) is 10.0 Å². The van der Waals surface area contributed by atoms with Gasteiger partial charge in [0.05, 0.1) is 10.8 Å². The fourth-order valence-electron chi connectivity index (χ4n) is 3.27. The Kier molecular flexibility index (Phi) is 4.13. The summed E-state index contributed by atoms with van der Waals surface area (Å²) in [5.41, 5.74) is 2.43. The van der Waals surface area contributed by atoms with Gasteiger partial charge in [0.15, 0.2) is 0 Å². The van der Waals surface area contributed by atoms with Gasteiger partial charge in [-0.05, 0) is 45.2 Å². The van der Waals surface area contributed by atoms with Gasteiger partial charge in [-0.2, -0.15) is 4.31 Å². The molecule has 1 aromatic carbocycles. The lowest BCUT2D eigenvalue weighted by molar-refractivity contribution is -0.142. The van der Waals surface area contributed by atoms with Gasteiger partial charge in [-0.1, -0.05) is 17.7 Å². The van der Waals surface area contributed by atoms with Gasteiger partial charge >= 0.3 is 5.97 Å². The van der Waals surface area contributed by atoms with Crippen LogP contribution in [0.3, 0.4) is 0 Å². The van der Waals surface area contributed by atoms with Gasteiger partial charge in [-0.15, -0.1) is 0 Å². The molecular formula is C15H21NO4S. The van der Waals surface area contributed by atoms with Crippen LogP contribution in [0.2, 0.25) is 0 Å². The highest BCUT2D eigenvalue weighted by Crippen LogP contribution is 2.33. The van der Waals surface area contributed by atoms with E-state index in [9.17, 15) is 13.2 Å². The third-order valence-corrected chi connectivity index (χ3v) is 6.48. The molecule has 2 rings (SSSR count). The molecule has 116 valence electrons. The molecule has 0 saturated carbocycles. The number of sulfonamides is 1. The number of hydrogen-bond acceptors (Lipinski definition) is 3. The zero-order chi connectivity index (χ0) is 15.9. The minimum Gasteiger partial charge on any atom is -0.481 e. The number of aryl methyl sites for hydroxylation is 3. The third kappa shape index (κ3) is 2.70. The predicted octanol–water partition coefficient (Wildman–Crippen LogP) is 2.10. The summed E-state index contributed by atoms with van der Waals surface area (Å²) in [6, 6.07) is 3.16. The van der Waals surface area contributed by atoms with Gasteiger partial charge in [-0.3, -0.25) is 4.79 Å². The molecule has 1 fully saturated rings. The van der Waals surface area contributed by atoms with Crippen LogP contribution in [0.5, 0.6) is 0 Å². The van der Waals surface area contributed by atoms with Crippen molar-refractivity contribution in [3.63, 3.8) is 0 Å². The fraction of sp³-hybridized carbons (Fsp3) is 0.533. The Morgan fingerprint density at radius 1 is 1.24 bits per heavy atom. The number of rotatable bonds is 3. The fourth-order valence-corrected chi connectivity index (χ4v) is 5.37. The van der Waals surface area contributed by atoms with Crippen LogP contribution in [-0.2, 0) is 14.8 Å². The molecule has 1 heterocycles. The molecular weight excluding hydrogens is 290 g/mol. The molecule has 6 heteroatoms. The lowest BCUT2D eigenvalue weighted by Gasteiger charge is -2.24. The summed E-state index contributed by atoms with van der Waals surface area (Å²) >= 11 is 0. The number of benzene rings is 1. The maximum absolute atomic E-state index is 12.9. The van der Waals surface area contributed by atoms with Gasteiger partial charge in [-0.25, -0.2) is 8.42 Å². The molecule has 1 aliphatic rings. The molecule has 0 aromatic heterocycles. The second kappa shape index (κ2) is 5.42. The third-order valence-electron chi connectivity index (χ3n) is 4.19. The van der Waals surface area contributed by atoms with E-state index in [0.29, 0.717) is 22.4 Å². The van der Waals surface area contributed by atoms with Crippen LogP contribution < -0.4 is 0 Å². The lowest BCUT2D eigenvalue weighted by Crippen LogP contribution is -2.38. The molecule has 1 aliphatic heterocycles. The smallest absolute Gasteiger partial charge is 0.308 e. The van der Waals surface area contributed by atoms with Gasteiger partial charge < -0.3 is 5.11 Å². The molecule has 2 atom stereocenters. The van der Waals surface area contributed by atoms with E-state index in [1.165, 1.54) is 4.31 Å². The summed E-state index contributed by atoms with van der Waals surface area (Å²) in [5.74, 6) is -1.57. The molecule has 0 aliphatic carbocycles. The van der Waals surface area contributed by atoms with E-state index in [1.807, 2.05) is 19.1 Å². The first-order chi connectivity index (χ1) is 9.66. The van der Waals surface area contributed by atoms with Crippen LogP contribution in [0.1, 0.15) is 30.0 Å². The van der Waals surface area contributed by atoms with Crippen molar-refractivity contribution < 1.29 is 18.3 Å². The molecule has 5 nitrogen and oxygen atoms in total. The van der Waals surface area contributed by atoms with E-state index >= 15 is 0 Å². The van der Waals surface area contributed by atoms with Crippen molar-refractivity contribution in [2.75, 3.05) is 6.54 Å². The second-order valence-electron chi connectivity index (χ2n) is 5.82. The van der Waals surface area contributed by atoms with E-state index in [4.69, 9.17) is 5.11 Å². The summed E-state index contributed by atoms with van der Waals surface area (Å²) in [7, 11) is -3.66. The SMILES string of the molecule is Cc1cc(C)c(S(=O)(=O)N2CCC(C(=O)O)C2C)c(C)c1. The minimum absolute atomic E-state index is 0.257. The normalized spacial score (nSPS) is 23.4. The van der Waals surface area contributed by atoms with Gasteiger partial charge in [0.25, 0.3) is 0 Å². The zero-order valence-corrected chi connectivity index (χ0v) is 13.6. The van der Waals surface area contributed by atoms with E-state index in [0.717, 1.165) is 5.56 Å². The van der Waals surface area contributed by atoms with Crippen molar-refractivity contribution in [3.05, 3.63) is 28.8 Å². The first-order valence-electron chi connectivity index (χ1n) is 6.98. The highest BCUT2D eigenvalue weighted by molar-refractivity contribution is 7.89. The summed E-state index contributed by atoms with van der Waals surface area (Å²) in [4.78, 5) is 11.5. The maximum atomic E-state index is 12.9. The highest BCUT2D eigenvalue weighted by atomic mass is 32.2. The van der Waals surface area contributed by atoms with Crippen molar-refractivity contribution in [2.24, 2.45) is 5.92 Å². The quantitative estimate of drug-likeness (QED) is 0.927. The number of carbonyl (C=O) groups is 1.